The first-order chi connectivity index (χ1) is 9.63. The van der Waals surface area contributed by atoms with Gasteiger partial charge in [-0.2, -0.15) is 5.10 Å². The quantitative estimate of drug-likeness (QED) is 0.513. The van der Waals surface area contributed by atoms with E-state index in [4.69, 9.17) is 4.74 Å². The highest BCUT2D eigenvalue weighted by Crippen LogP contribution is 2.25. The number of nitro benzene ring substituents is 1. The molecule has 0 radical (unpaired) electrons. The van der Waals surface area contributed by atoms with E-state index in [-0.39, 0.29) is 11.3 Å². The topological polar surface area (TPSA) is 98.1 Å². The van der Waals surface area contributed by atoms with Gasteiger partial charge in [0, 0.05) is 17.7 Å². The maximum atomic E-state index is 11.9. The van der Waals surface area contributed by atoms with E-state index >= 15 is 0 Å². The molecule has 2 rings (SSSR count). The van der Waals surface area contributed by atoms with Crippen LogP contribution in [0.2, 0.25) is 0 Å². The molecule has 0 bridgehead atoms. The van der Waals surface area contributed by atoms with Gasteiger partial charge in [-0.15, -0.1) is 0 Å². The molecule has 20 heavy (non-hydrogen) atoms. The molecule has 0 saturated carbocycles. The molecule has 2 aromatic rings. The standard InChI is InChI=1S/C13H13N3O4/c1-2-6-20-13(17)11-8-14-15-12(11)9-4-3-5-10(7-9)16(18)19/h3-5,7-8H,2,6H2,1H3,(H,14,15). The van der Waals surface area contributed by atoms with Crippen LogP contribution in [0.5, 0.6) is 0 Å². The number of carbonyl (C=O) groups is 1. The molecule has 0 saturated heterocycles. The van der Waals surface area contributed by atoms with Crippen molar-refractivity contribution in [2.45, 2.75) is 13.3 Å². The number of benzene rings is 1. The van der Waals surface area contributed by atoms with E-state index in [1.807, 2.05) is 6.92 Å². The number of hydrogen-bond acceptors (Lipinski definition) is 5. The molecular formula is C13H13N3O4. The largest absolute Gasteiger partial charge is 0.462 e. The van der Waals surface area contributed by atoms with Gasteiger partial charge < -0.3 is 4.74 Å². The highest BCUT2D eigenvalue weighted by molar-refractivity contribution is 5.96. The fourth-order valence-electron chi connectivity index (χ4n) is 1.71. The number of H-pyrrole nitrogens is 1. The Bertz CT molecular complexity index is 636. The minimum atomic E-state index is -0.498. The maximum absolute atomic E-state index is 11.9. The van der Waals surface area contributed by atoms with Crippen molar-refractivity contribution >= 4 is 11.7 Å². The van der Waals surface area contributed by atoms with Crippen molar-refractivity contribution < 1.29 is 14.5 Å². The van der Waals surface area contributed by atoms with Crippen molar-refractivity contribution in [1.29, 1.82) is 0 Å². The molecule has 0 spiro atoms. The Kier molecular flexibility index (Phi) is 4.09. The SMILES string of the molecule is CCCOC(=O)c1cn[nH]c1-c1cccc([N+](=O)[O-])c1. The molecule has 0 amide bonds. The van der Waals surface area contributed by atoms with E-state index in [0.29, 0.717) is 17.9 Å². The van der Waals surface area contributed by atoms with Gasteiger partial charge >= 0.3 is 5.97 Å². The number of hydrogen-bond donors (Lipinski definition) is 1. The zero-order chi connectivity index (χ0) is 14.5. The summed E-state index contributed by atoms with van der Waals surface area (Å²) in [5.74, 6) is -0.498. The summed E-state index contributed by atoms with van der Waals surface area (Å²) < 4.78 is 5.04. The molecule has 1 aromatic heterocycles. The predicted octanol–water partition coefficient (Wildman–Crippen LogP) is 2.55. The van der Waals surface area contributed by atoms with Gasteiger partial charge in [-0.1, -0.05) is 19.1 Å². The van der Waals surface area contributed by atoms with Crippen LogP contribution in [0, 0.1) is 10.1 Å². The second kappa shape index (κ2) is 5.96. The third kappa shape index (κ3) is 2.82. The van der Waals surface area contributed by atoms with Crippen molar-refractivity contribution in [3.8, 4) is 11.3 Å². The van der Waals surface area contributed by atoms with Crippen LogP contribution in [0.4, 0.5) is 5.69 Å². The lowest BCUT2D eigenvalue weighted by Crippen LogP contribution is -2.06. The number of esters is 1. The number of aromatic nitrogens is 2. The average Bonchev–Trinajstić information content (AvgIpc) is 2.94. The lowest BCUT2D eigenvalue weighted by molar-refractivity contribution is -0.384. The van der Waals surface area contributed by atoms with Gasteiger partial charge in [-0.3, -0.25) is 15.2 Å². The molecule has 0 aliphatic rings. The Labute approximate surface area is 114 Å². The molecule has 104 valence electrons. The summed E-state index contributed by atoms with van der Waals surface area (Å²) in [6.45, 7) is 2.21. The van der Waals surface area contributed by atoms with Gasteiger partial charge in [-0.05, 0) is 6.42 Å². The van der Waals surface area contributed by atoms with Crippen molar-refractivity contribution in [3.63, 3.8) is 0 Å². The Morgan fingerprint density at radius 1 is 1.50 bits per heavy atom. The number of nitrogens with one attached hydrogen (secondary N) is 1. The Morgan fingerprint density at radius 2 is 2.30 bits per heavy atom. The number of non-ortho nitro benzene ring substituents is 1. The predicted molar refractivity (Wildman–Crippen MR) is 71.3 cm³/mol. The van der Waals surface area contributed by atoms with Crippen LogP contribution in [-0.4, -0.2) is 27.7 Å². The van der Waals surface area contributed by atoms with Crippen molar-refractivity contribution in [2.75, 3.05) is 6.61 Å². The summed E-state index contributed by atoms with van der Waals surface area (Å²) >= 11 is 0. The first kappa shape index (κ1) is 13.7. The third-order valence-electron chi connectivity index (χ3n) is 2.64. The second-order valence-corrected chi connectivity index (χ2v) is 4.10. The van der Waals surface area contributed by atoms with Crippen LogP contribution >= 0.6 is 0 Å². The van der Waals surface area contributed by atoms with Gasteiger partial charge in [0.15, 0.2) is 0 Å². The summed E-state index contributed by atoms with van der Waals surface area (Å²) in [5.41, 5.74) is 1.14. The van der Waals surface area contributed by atoms with Crippen molar-refractivity contribution in [3.05, 3.63) is 46.1 Å². The number of rotatable bonds is 5. The second-order valence-electron chi connectivity index (χ2n) is 4.10. The Morgan fingerprint density at radius 3 is 3.00 bits per heavy atom. The smallest absolute Gasteiger partial charge is 0.341 e. The van der Waals surface area contributed by atoms with Crippen LogP contribution in [0.1, 0.15) is 23.7 Å². The normalized spacial score (nSPS) is 10.2. The average molecular weight is 275 g/mol. The lowest BCUT2D eigenvalue weighted by Gasteiger charge is -2.04. The molecule has 0 aliphatic carbocycles. The Hall–Kier alpha value is -2.70. The van der Waals surface area contributed by atoms with Gasteiger partial charge in [0.25, 0.3) is 5.69 Å². The van der Waals surface area contributed by atoms with E-state index in [1.54, 1.807) is 12.1 Å². The summed E-state index contributed by atoms with van der Waals surface area (Å²) in [5, 5.41) is 17.2. The maximum Gasteiger partial charge on any atom is 0.341 e. The first-order valence-electron chi connectivity index (χ1n) is 6.08. The van der Waals surface area contributed by atoms with E-state index in [9.17, 15) is 14.9 Å². The zero-order valence-corrected chi connectivity index (χ0v) is 10.8. The highest BCUT2D eigenvalue weighted by atomic mass is 16.6. The monoisotopic (exact) mass is 275 g/mol. The molecule has 0 aliphatic heterocycles. The molecule has 0 unspecified atom stereocenters. The fourth-order valence-corrected chi connectivity index (χ4v) is 1.71. The van der Waals surface area contributed by atoms with Crippen molar-refractivity contribution in [1.82, 2.24) is 10.2 Å². The molecule has 7 heteroatoms. The Balaban J connectivity index is 2.34. The number of aromatic amines is 1. The number of ether oxygens (including phenoxy) is 1. The molecule has 7 nitrogen and oxygen atoms in total. The van der Waals surface area contributed by atoms with Crippen LogP contribution in [0.3, 0.4) is 0 Å². The van der Waals surface area contributed by atoms with Crippen LogP contribution in [-0.2, 0) is 4.74 Å². The van der Waals surface area contributed by atoms with E-state index in [1.165, 1.54) is 18.3 Å². The number of nitrogens with zero attached hydrogens (tertiary/aromatic N) is 2. The molecule has 1 aromatic carbocycles. The molecule has 1 N–H and O–H groups in total. The number of carbonyl (C=O) groups excluding carboxylic acids is 1. The van der Waals surface area contributed by atoms with E-state index in [2.05, 4.69) is 10.2 Å². The minimum Gasteiger partial charge on any atom is -0.462 e. The van der Waals surface area contributed by atoms with Crippen LogP contribution in [0.25, 0.3) is 11.3 Å². The van der Waals surface area contributed by atoms with E-state index in [0.717, 1.165) is 6.42 Å². The summed E-state index contributed by atoms with van der Waals surface area (Å²) in [6, 6.07) is 5.98. The highest BCUT2D eigenvalue weighted by Gasteiger charge is 2.18. The van der Waals surface area contributed by atoms with Gasteiger partial charge in [0.2, 0.25) is 0 Å². The van der Waals surface area contributed by atoms with Gasteiger partial charge in [0.1, 0.15) is 5.56 Å². The van der Waals surface area contributed by atoms with Crippen LogP contribution in [0.15, 0.2) is 30.5 Å². The molecular weight excluding hydrogens is 262 g/mol. The molecule has 0 fully saturated rings. The fraction of sp³-hybridized carbons (Fsp3) is 0.231. The zero-order valence-electron chi connectivity index (χ0n) is 10.8. The van der Waals surface area contributed by atoms with Gasteiger partial charge in [-0.25, -0.2) is 4.79 Å². The lowest BCUT2D eigenvalue weighted by atomic mass is 10.1. The first-order valence-corrected chi connectivity index (χ1v) is 6.08. The number of nitro groups is 1. The summed E-state index contributed by atoms with van der Waals surface area (Å²) in [7, 11) is 0. The molecule has 1 heterocycles. The molecule has 0 atom stereocenters. The van der Waals surface area contributed by atoms with Crippen molar-refractivity contribution in [2.24, 2.45) is 0 Å². The summed E-state index contributed by atoms with van der Waals surface area (Å²) in [6.07, 6.45) is 2.07. The van der Waals surface area contributed by atoms with Crippen LogP contribution < -0.4 is 0 Å². The summed E-state index contributed by atoms with van der Waals surface area (Å²) in [4.78, 5) is 22.1. The van der Waals surface area contributed by atoms with Gasteiger partial charge in [0.05, 0.1) is 23.4 Å². The minimum absolute atomic E-state index is 0.0509. The third-order valence-corrected chi connectivity index (χ3v) is 2.64. The van der Waals surface area contributed by atoms with E-state index < -0.39 is 10.9 Å².